The third kappa shape index (κ3) is 2.31. The Balaban J connectivity index is 2.04. The van der Waals surface area contributed by atoms with Crippen LogP contribution in [-0.2, 0) is 0 Å². The number of fused-ring (bicyclic) bond motifs is 1. The first-order valence-electron chi connectivity index (χ1n) is 7.22. The second-order valence-electron chi connectivity index (χ2n) is 5.21. The molecule has 1 unspecified atom stereocenters. The van der Waals surface area contributed by atoms with E-state index in [0.717, 1.165) is 36.7 Å². The van der Waals surface area contributed by atoms with Crippen LogP contribution in [0, 0.1) is 0 Å². The van der Waals surface area contributed by atoms with E-state index < -0.39 is 0 Å². The topological polar surface area (TPSA) is 65.7 Å². The Bertz CT molecular complexity index is 580. The van der Waals surface area contributed by atoms with Crippen molar-refractivity contribution in [2.45, 2.75) is 31.7 Å². The quantitative estimate of drug-likeness (QED) is 0.885. The van der Waals surface area contributed by atoms with E-state index in [1.807, 2.05) is 23.8 Å². The lowest BCUT2D eigenvalue weighted by molar-refractivity contribution is 0.262. The highest BCUT2D eigenvalue weighted by Crippen LogP contribution is 2.28. The first-order valence-corrected chi connectivity index (χ1v) is 7.22. The van der Waals surface area contributed by atoms with E-state index in [9.17, 15) is 5.11 Å². The lowest BCUT2D eigenvalue weighted by atomic mass is 10.00. The summed E-state index contributed by atoms with van der Waals surface area (Å²) in [4.78, 5) is 11.4. The summed E-state index contributed by atoms with van der Waals surface area (Å²) in [6.45, 7) is 1.20. The molecule has 0 aromatic carbocycles. The van der Waals surface area contributed by atoms with Crippen LogP contribution in [0.3, 0.4) is 0 Å². The van der Waals surface area contributed by atoms with E-state index >= 15 is 0 Å². The van der Waals surface area contributed by atoms with E-state index in [2.05, 4.69) is 15.2 Å². The average molecular weight is 275 g/mol. The average Bonchev–Trinajstić information content (AvgIpc) is 2.95. The normalized spacial score (nSPS) is 19.5. The summed E-state index contributed by atoms with van der Waals surface area (Å²) in [6.07, 6.45) is 9.96. The van der Waals surface area contributed by atoms with E-state index in [1.54, 1.807) is 6.20 Å². The molecule has 1 fully saturated rings. The summed E-state index contributed by atoms with van der Waals surface area (Å²) >= 11 is 0. The van der Waals surface area contributed by atoms with Gasteiger partial charge in [0.1, 0.15) is 5.82 Å². The second kappa shape index (κ2) is 5.66. The van der Waals surface area contributed by atoms with E-state index in [4.69, 9.17) is 4.98 Å². The molecule has 1 atom stereocenters. The molecular formula is C14H21N5O. The summed E-state index contributed by atoms with van der Waals surface area (Å²) < 4.78 is 2.00. The predicted octanol–water partition coefficient (Wildman–Crippen LogP) is 1.51. The fourth-order valence-electron chi connectivity index (χ4n) is 2.96. The van der Waals surface area contributed by atoms with Crippen molar-refractivity contribution in [3.05, 3.63) is 18.6 Å². The first kappa shape index (κ1) is 13.2. The zero-order valence-electron chi connectivity index (χ0n) is 11.8. The highest BCUT2D eigenvalue weighted by molar-refractivity contribution is 5.67. The smallest absolute Gasteiger partial charge is 0.180 e. The zero-order chi connectivity index (χ0) is 13.9. The fourth-order valence-corrected chi connectivity index (χ4v) is 2.96. The minimum atomic E-state index is 0.220. The lowest BCUT2D eigenvalue weighted by Crippen LogP contribution is -2.41. The van der Waals surface area contributed by atoms with Gasteiger partial charge in [0.2, 0.25) is 0 Å². The standard InChI is InChI=1S/C14H21N5O/c1-15-12-10-18-8-6-16-13(18)14(17-12)19-7-3-2-4-11(19)5-9-20/h6,8,10-11,15,20H,2-5,7,9H2,1H3. The molecule has 2 N–H and O–H groups in total. The van der Waals surface area contributed by atoms with Crippen molar-refractivity contribution in [1.29, 1.82) is 0 Å². The van der Waals surface area contributed by atoms with Gasteiger partial charge in [-0.15, -0.1) is 0 Å². The van der Waals surface area contributed by atoms with Crippen LogP contribution < -0.4 is 10.2 Å². The Morgan fingerprint density at radius 1 is 1.45 bits per heavy atom. The number of piperidine rings is 1. The van der Waals surface area contributed by atoms with Crippen molar-refractivity contribution in [2.75, 3.05) is 30.4 Å². The third-order valence-corrected chi connectivity index (χ3v) is 3.97. The Morgan fingerprint density at radius 3 is 3.15 bits per heavy atom. The van der Waals surface area contributed by atoms with Gasteiger partial charge in [-0.2, -0.15) is 0 Å². The molecule has 0 aliphatic carbocycles. The summed E-state index contributed by atoms with van der Waals surface area (Å²) in [5.74, 6) is 1.75. The van der Waals surface area contributed by atoms with Crippen LogP contribution in [0.1, 0.15) is 25.7 Å². The summed E-state index contributed by atoms with van der Waals surface area (Å²) in [7, 11) is 1.87. The maximum atomic E-state index is 9.28. The van der Waals surface area contributed by atoms with Gasteiger partial charge in [-0.05, 0) is 25.7 Å². The second-order valence-corrected chi connectivity index (χ2v) is 5.21. The van der Waals surface area contributed by atoms with E-state index in [-0.39, 0.29) is 6.61 Å². The highest BCUT2D eigenvalue weighted by atomic mass is 16.3. The molecule has 0 bridgehead atoms. The zero-order valence-corrected chi connectivity index (χ0v) is 11.8. The number of aromatic nitrogens is 3. The van der Waals surface area contributed by atoms with Crippen LogP contribution in [0.2, 0.25) is 0 Å². The molecule has 2 aromatic heterocycles. The molecule has 108 valence electrons. The van der Waals surface area contributed by atoms with Crippen LogP contribution >= 0.6 is 0 Å². The Kier molecular flexibility index (Phi) is 3.73. The van der Waals surface area contributed by atoms with Gasteiger partial charge in [0.15, 0.2) is 11.5 Å². The minimum absolute atomic E-state index is 0.220. The molecule has 2 aromatic rings. The van der Waals surface area contributed by atoms with Gasteiger partial charge in [0, 0.05) is 38.6 Å². The molecule has 6 nitrogen and oxygen atoms in total. The molecule has 3 heterocycles. The molecule has 0 saturated carbocycles. The van der Waals surface area contributed by atoms with E-state index in [1.165, 1.54) is 12.8 Å². The van der Waals surface area contributed by atoms with Gasteiger partial charge in [0.05, 0.1) is 6.20 Å². The van der Waals surface area contributed by atoms with Crippen molar-refractivity contribution in [3.63, 3.8) is 0 Å². The molecule has 20 heavy (non-hydrogen) atoms. The van der Waals surface area contributed by atoms with Crippen molar-refractivity contribution in [2.24, 2.45) is 0 Å². The summed E-state index contributed by atoms with van der Waals surface area (Å²) in [5, 5.41) is 12.4. The molecule has 1 saturated heterocycles. The highest BCUT2D eigenvalue weighted by Gasteiger charge is 2.25. The van der Waals surface area contributed by atoms with Crippen molar-refractivity contribution >= 4 is 17.3 Å². The van der Waals surface area contributed by atoms with Crippen molar-refractivity contribution < 1.29 is 5.11 Å². The SMILES string of the molecule is CNc1cn2ccnc2c(N2CCCCC2CCO)n1. The third-order valence-electron chi connectivity index (χ3n) is 3.97. The van der Waals surface area contributed by atoms with Gasteiger partial charge < -0.3 is 19.7 Å². The molecule has 0 spiro atoms. The predicted molar refractivity (Wildman–Crippen MR) is 79.2 cm³/mol. The number of imidazole rings is 1. The lowest BCUT2D eigenvalue weighted by Gasteiger charge is -2.36. The molecular weight excluding hydrogens is 254 g/mol. The number of nitrogens with zero attached hydrogens (tertiary/aromatic N) is 4. The van der Waals surface area contributed by atoms with Crippen molar-refractivity contribution in [1.82, 2.24) is 14.4 Å². The Hall–Kier alpha value is -1.82. The van der Waals surface area contributed by atoms with Gasteiger partial charge >= 0.3 is 0 Å². The number of hydrogen-bond donors (Lipinski definition) is 2. The number of anilines is 2. The van der Waals surface area contributed by atoms with E-state index in [0.29, 0.717) is 6.04 Å². The van der Waals surface area contributed by atoms with Gasteiger partial charge in [-0.3, -0.25) is 0 Å². The number of hydrogen-bond acceptors (Lipinski definition) is 5. The largest absolute Gasteiger partial charge is 0.396 e. The van der Waals surface area contributed by atoms with Gasteiger partial charge in [0.25, 0.3) is 0 Å². The number of nitrogens with one attached hydrogen (secondary N) is 1. The Labute approximate surface area is 118 Å². The number of rotatable bonds is 4. The molecule has 3 rings (SSSR count). The summed E-state index contributed by atoms with van der Waals surface area (Å²) in [5.41, 5.74) is 0.883. The molecule has 0 amide bonds. The summed E-state index contributed by atoms with van der Waals surface area (Å²) in [6, 6.07) is 0.355. The maximum absolute atomic E-state index is 9.28. The van der Waals surface area contributed by atoms with Crippen LogP contribution in [0.4, 0.5) is 11.6 Å². The number of aliphatic hydroxyl groups excluding tert-OH is 1. The molecule has 1 aliphatic heterocycles. The van der Waals surface area contributed by atoms with Crippen LogP contribution in [0.25, 0.3) is 5.65 Å². The maximum Gasteiger partial charge on any atom is 0.180 e. The monoisotopic (exact) mass is 275 g/mol. The Morgan fingerprint density at radius 2 is 2.35 bits per heavy atom. The van der Waals surface area contributed by atoms with Crippen LogP contribution in [0.15, 0.2) is 18.6 Å². The van der Waals surface area contributed by atoms with Crippen LogP contribution in [0.5, 0.6) is 0 Å². The molecule has 6 heteroatoms. The number of aliphatic hydroxyl groups is 1. The first-order chi connectivity index (χ1) is 9.83. The van der Waals surface area contributed by atoms with Crippen molar-refractivity contribution in [3.8, 4) is 0 Å². The van der Waals surface area contributed by atoms with Gasteiger partial charge in [-0.1, -0.05) is 0 Å². The molecule has 1 aliphatic rings. The van der Waals surface area contributed by atoms with Gasteiger partial charge in [-0.25, -0.2) is 9.97 Å². The van der Waals surface area contributed by atoms with Crippen LogP contribution in [-0.4, -0.2) is 45.7 Å². The fraction of sp³-hybridized carbons (Fsp3) is 0.571. The molecule has 0 radical (unpaired) electrons. The minimum Gasteiger partial charge on any atom is -0.396 e.